The smallest absolute Gasteiger partial charge is 0.326 e. The summed E-state index contributed by atoms with van der Waals surface area (Å²) in [6.45, 7) is 0. The van der Waals surface area contributed by atoms with Gasteiger partial charge in [0.05, 0.1) is 18.4 Å². The Labute approximate surface area is 191 Å². The fraction of sp³-hybridized carbons (Fsp3) is 0.185. The summed E-state index contributed by atoms with van der Waals surface area (Å²) < 4.78 is 5.20. The summed E-state index contributed by atoms with van der Waals surface area (Å²) in [5, 5.41) is 15.8. The van der Waals surface area contributed by atoms with Crippen molar-refractivity contribution in [3.63, 3.8) is 0 Å². The number of nitrogens with one attached hydrogen (secondary N) is 2. The lowest BCUT2D eigenvalue weighted by Crippen LogP contribution is -2.42. The number of ether oxygens (including phenoxy) is 1. The van der Waals surface area contributed by atoms with Crippen molar-refractivity contribution in [2.24, 2.45) is 5.92 Å². The van der Waals surface area contributed by atoms with Crippen LogP contribution in [0.3, 0.4) is 0 Å². The molecule has 6 nitrogen and oxygen atoms in total. The van der Waals surface area contributed by atoms with Crippen LogP contribution in [0.15, 0.2) is 78.9 Å². The number of carboxylic acids is 1. The lowest BCUT2D eigenvalue weighted by atomic mass is 9.78. The second kappa shape index (κ2) is 8.47. The van der Waals surface area contributed by atoms with Gasteiger partial charge in [-0.3, -0.25) is 4.79 Å². The van der Waals surface area contributed by atoms with Crippen molar-refractivity contribution in [1.29, 1.82) is 0 Å². The van der Waals surface area contributed by atoms with Gasteiger partial charge in [-0.25, -0.2) is 4.79 Å². The Kier molecular flexibility index (Phi) is 5.34. The normalized spacial score (nSPS) is 20.3. The van der Waals surface area contributed by atoms with Crippen molar-refractivity contribution in [3.05, 3.63) is 90.0 Å². The first kappa shape index (κ1) is 20.8. The molecule has 0 saturated heterocycles. The van der Waals surface area contributed by atoms with E-state index in [-0.39, 0.29) is 17.7 Å². The van der Waals surface area contributed by atoms with Gasteiger partial charge >= 0.3 is 5.97 Å². The predicted octanol–water partition coefficient (Wildman–Crippen LogP) is 5.15. The van der Waals surface area contributed by atoms with Crippen molar-refractivity contribution in [3.8, 4) is 16.9 Å². The average Bonchev–Trinajstić information content (AvgIpc) is 3.34. The van der Waals surface area contributed by atoms with E-state index >= 15 is 0 Å². The first-order valence-corrected chi connectivity index (χ1v) is 10.9. The molecule has 166 valence electrons. The molecule has 0 saturated carbocycles. The molecule has 1 amide bonds. The summed E-state index contributed by atoms with van der Waals surface area (Å²) in [6.07, 6.45) is 4.80. The Bertz CT molecular complexity index is 1230. The van der Waals surface area contributed by atoms with E-state index in [1.807, 2.05) is 66.7 Å². The number of anilines is 2. The van der Waals surface area contributed by atoms with Crippen molar-refractivity contribution >= 4 is 23.3 Å². The van der Waals surface area contributed by atoms with Crippen LogP contribution in [-0.4, -0.2) is 30.1 Å². The van der Waals surface area contributed by atoms with Gasteiger partial charge in [0, 0.05) is 17.5 Å². The Morgan fingerprint density at radius 2 is 1.70 bits per heavy atom. The molecule has 0 aromatic heterocycles. The minimum Gasteiger partial charge on any atom is -0.497 e. The fourth-order valence-electron chi connectivity index (χ4n) is 4.78. The van der Waals surface area contributed by atoms with Crippen molar-refractivity contribution in [2.45, 2.75) is 18.4 Å². The Balaban J connectivity index is 1.38. The molecule has 3 aromatic rings. The van der Waals surface area contributed by atoms with E-state index in [9.17, 15) is 14.7 Å². The van der Waals surface area contributed by atoms with Crippen LogP contribution in [0.1, 0.15) is 28.3 Å². The molecule has 1 heterocycles. The third kappa shape index (κ3) is 3.84. The van der Waals surface area contributed by atoms with Gasteiger partial charge < -0.3 is 20.5 Å². The molecule has 0 radical (unpaired) electrons. The highest BCUT2D eigenvalue weighted by Crippen LogP contribution is 2.45. The third-order valence-electron chi connectivity index (χ3n) is 6.47. The lowest BCUT2D eigenvalue weighted by molar-refractivity contribution is -0.139. The van der Waals surface area contributed by atoms with Gasteiger partial charge in [0.15, 0.2) is 0 Å². The van der Waals surface area contributed by atoms with Crippen LogP contribution in [0.5, 0.6) is 5.75 Å². The Morgan fingerprint density at radius 3 is 2.36 bits per heavy atom. The number of aliphatic carboxylic acids is 1. The molecule has 1 aliphatic heterocycles. The summed E-state index contributed by atoms with van der Waals surface area (Å²) in [5.74, 6) is -0.422. The molecule has 33 heavy (non-hydrogen) atoms. The zero-order chi connectivity index (χ0) is 22.9. The first-order chi connectivity index (χ1) is 16.0. The van der Waals surface area contributed by atoms with Crippen LogP contribution in [0.4, 0.5) is 11.4 Å². The molecular weight excluding hydrogens is 416 g/mol. The molecule has 0 fully saturated rings. The number of hydrogen-bond acceptors (Lipinski definition) is 4. The van der Waals surface area contributed by atoms with Gasteiger partial charge in [0.25, 0.3) is 5.91 Å². The maximum absolute atomic E-state index is 13.1. The summed E-state index contributed by atoms with van der Waals surface area (Å²) in [6, 6.07) is 20.2. The maximum Gasteiger partial charge on any atom is 0.326 e. The predicted molar refractivity (Wildman–Crippen MR) is 128 cm³/mol. The molecule has 3 atom stereocenters. The number of methoxy groups -OCH3 is 1. The van der Waals surface area contributed by atoms with Crippen LogP contribution in [-0.2, 0) is 4.79 Å². The van der Waals surface area contributed by atoms with Gasteiger partial charge in [-0.2, -0.15) is 0 Å². The molecule has 6 heteroatoms. The largest absolute Gasteiger partial charge is 0.497 e. The lowest BCUT2D eigenvalue weighted by Gasteiger charge is -2.35. The molecule has 5 rings (SSSR count). The van der Waals surface area contributed by atoms with Crippen molar-refractivity contribution in [2.75, 3.05) is 17.7 Å². The van der Waals surface area contributed by atoms with Gasteiger partial charge in [0.2, 0.25) is 0 Å². The molecule has 1 aliphatic carbocycles. The number of carbonyl (C=O) groups excluding carboxylic acids is 1. The number of fused-ring (bicyclic) bond motifs is 3. The number of carboxylic acid groups (broad SMARTS) is 1. The number of benzene rings is 3. The molecule has 2 aliphatic rings. The number of hydrogen-bond donors (Lipinski definition) is 3. The number of para-hydroxylation sites is 1. The SMILES string of the molecule is COc1ccc(-c2ccc(NC(=O)c3cccc4c3NC(C(=O)O)C3CC=CC43)cc2)cc1. The second-order valence-corrected chi connectivity index (χ2v) is 8.34. The molecule has 3 N–H and O–H groups in total. The zero-order valence-corrected chi connectivity index (χ0v) is 18.1. The Hall–Kier alpha value is -4.06. The van der Waals surface area contributed by atoms with Gasteiger partial charge in [-0.05, 0) is 53.4 Å². The monoisotopic (exact) mass is 440 g/mol. The van der Waals surface area contributed by atoms with Crippen LogP contribution in [0.25, 0.3) is 11.1 Å². The number of allylic oxidation sites excluding steroid dienone is 2. The average molecular weight is 440 g/mol. The van der Waals surface area contributed by atoms with Crippen LogP contribution < -0.4 is 15.4 Å². The van der Waals surface area contributed by atoms with Gasteiger partial charge in [0.1, 0.15) is 11.8 Å². The minimum absolute atomic E-state index is 0.00104. The maximum atomic E-state index is 13.1. The third-order valence-corrected chi connectivity index (χ3v) is 6.47. The Morgan fingerprint density at radius 1 is 1.00 bits per heavy atom. The minimum atomic E-state index is -0.899. The standard InChI is InChI=1S/C27H24N2O4/c1-33-19-14-10-17(11-15-19)16-8-12-18(13-9-16)28-26(30)23-7-3-5-21-20-4-2-6-22(20)25(27(31)32)29-24(21)23/h2-5,7-15,20,22,25,29H,6H2,1H3,(H,28,30)(H,31,32). The fourth-order valence-corrected chi connectivity index (χ4v) is 4.78. The summed E-state index contributed by atoms with van der Waals surface area (Å²) in [7, 11) is 1.64. The highest BCUT2D eigenvalue weighted by atomic mass is 16.5. The van der Waals surface area contributed by atoms with Crippen molar-refractivity contribution < 1.29 is 19.4 Å². The van der Waals surface area contributed by atoms with Crippen LogP contribution >= 0.6 is 0 Å². The highest BCUT2D eigenvalue weighted by molar-refractivity contribution is 6.09. The van der Waals surface area contributed by atoms with Crippen LogP contribution in [0, 0.1) is 5.92 Å². The van der Waals surface area contributed by atoms with Gasteiger partial charge in [-0.1, -0.05) is 48.6 Å². The van der Waals surface area contributed by atoms with E-state index in [4.69, 9.17) is 4.74 Å². The second-order valence-electron chi connectivity index (χ2n) is 8.34. The van der Waals surface area contributed by atoms with E-state index in [1.165, 1.54) is 0 Å². The molecule has 3 unspecified atom stereocenters. The van der Waals surface area contributed by atoms with Gasteiger partial charge in [-0.15, -0.1) is 0 Å². The summed E-state index contributed by atoms with van der Waals surface area (Å²) in [5.41, 5.74) is 4.75. The first-order valence-electron chi connectivity index (χ1n) is 10.9. The quantitative estimate of drug-likeness (QED) is 0.478. The number of rotatable bonds is 5. The van der Waals surface area contributed by atoms with Crippen LogP contribution in [0.2, 0.25) is 0 Å². The highest BCUT2D eigenvalue weighted by Gasteiger charge is 2.41. The van der Waals surface area contributed by atoms with E-state index in [2.05, 4.69) is 16.7 Å². The number of carbonyl (C=O) groups is 2. The molecule has 0 bridgehead atoms. The molecule has 3 aromatic carbocycles. The summed E-state index contributed by atoms with van der Waals surface area (Å²) in [4.78, 5) is 25.0. The number of amides is 1. The molecular formula is C27H24N2O4. The summed E-state index contributed by atoms with van der Waals surface area (Å²) >= 11 is 0. The van der Waals surface area contributed by atoms with E-state index in [0.717, 1.165) is 22.4 Å². The van der Waals surface area contributed by atoms with E-state index < -0.39 is 12.0 Å². The zero-order valence-electron chi connectivity index (χ0n) is 18.1. The van der Waals surface area contributed by atoms with E-state index in [0.29, 0.717) is 23.4 Å². The van der Waals surface area contributed by atoms with E-state index in [1.54, 1.807) is 13.2 Å². The topological polar surface area (TPSA) is 87.7 Å². The molecule has 0 spiro atoms. The van der Waals surface area contributed by atoms with Crippen molar-refractivity contribution in [1.82, 2.24) is 0 Å².